The van der Waals surface area contributed by atoms with Crippen molar-refractivity contribution in [2.45, 2.75) is 26.3 Å². The monoisotopic (exact) mass is 524 g/mol. The van der Waals surface area contributed by atoms with Gasteiger partial charge < -0.3 is 9.84 Å². The summed E-state index contributed by atoms with van der Waals surface area (Å²) < 4.78 is 7.88. The summed E-state index contributed by atoms with van der Waals surface area (Å²) in [6, 6.07) is 17.8. The number of hydrogen-bond acceptors (Lipinski definition) is 7. The van der Waals surface area contributed by atoms with Gasteiger partial charge in [0.15, 0.2) is 10.9 Å². The summed E-state index contributed by atoms with van der Waals surface area (Å²) in [4.78, 5) is 37.8. The largest absolute Gasteiger partial charge is 0.505 e. The predicted octanol–water partition coefficient (Wildman–Crippen LogP) is 5.45. The highest BCUT2D eigenvalue weighted by Gasteiger charge is 2.48. The number of aliphatic hydroxyl groups is 1. The van der Waals surface area contributed by atoms with Crippen molar-refractivity contribution >= 4 is 49.8 Å². The molecule has 1 aliphatic heterocycles. The molecule has 2 aromatic carbocycles. The number of fused-ring (bicyclic) bond motifs is 2. The molecule has 3 aromatic heterocycles. The lowest BCUT2D eigenvalue weighted by Crippen LogP contribution is -2.29. The zero-order valence-corrected chi connectivity index (χ0v) is 21.8. The molecule has 0 saturated carbocycles. The first-order chi connectivity index (χ1) is 18.4. The average molecular weight is 525 g/mol. The molecule has 190 valence electrons. The molecule has 0 radical (unpaired) electrons. The van der Waals surface area contributed by atoms with Crippen molar-refractivity contribution < 1.29 is 19.4 Å². The highest BCUT2D eigenvalue weighted by Crippen LogP contribution is 2.45. The topological polar surface area (TPSA) is 97.0 Å². The zero-order chi connectivity index (χ0) is 26.6. The molecule has 4 heterocycles. The number of nitrogens with zero attached hydrogens (tertiary/aromatic N) is 4. The number of aryl methyl sites for hydroxylation is 2. The van der Waals surface area contributed by atoms with Crippen molar-refractivity contribution in [3.63, 3.8) is 0 Å². The minimum atomic E-state index is -0.864. The number of ether oxygens (including phenoxy) is 1. The Bertz CT molecular complexity index is 1770. The number of thiazole rings is 1. The summed E-state index contributed by atoms with van der Waals surface area (Å²) >= 11 is 1.29. The van der Waals surface area contributed by atoms with Crippen molar-refractivity contribution in [3.05, 3.63) is 94.9 Å². The van der Waals surface area contributed by atoms with Gasteiger partial charge >= 0.3 is 5.91 Å². The Morgan fingerprint density at radius 2 is 1.87 bits per heavy atom. The number of carbonyl (C=O) groups is 2. The molecule has 0 bridgehead atoms. The van der Waals surface area contributed by atoms with Crippen LogP contribution in [0.4, 0.5) is 5.13 Å². The van der Waals surface area contributed by atoms with Crippen molar-refractivity contribution in [2.24, 2.45) is 0 Å². The molecule has 1 atom stereocenters. The normalized spacial score (nSPS) is 17.1. The first-order valence-corrected chi connectivity index (χ1v) is 13.0. The molecule has 5 aromatic rings. The number of aromatic nitrogens is 3. The van der Waals surface area contributed by atoms with Gasteiger partial charge in [-0.25, -0.2) is 9.97 Å². The van der Waals surface area contributed by atoms with Crippen LogP contribution >= 0.6 is 11.3 Å². The van der Waals surface area contributed by atoms with E-state index in [4.69, 9.17) is 4.74 Å². The lowest BCUT2D eigenvalue weighted by Gasteiger charge is -2.23. The molecule has 1 aliphatic rings. The number of methoxy groups -OCH3 is 1. The Labute approximate surface area is 222 Å². The van der Waals surface area contributed by atoms with Crippen LogP contribution in [0.2, 0.25) is 0 Å². The third-order valence-corrected chi connectivity index (χ3v) is 7.88. The third-order valence-electron chi connectivity index (χ3n) is 6.87. The molecule has 1 amide bonds. The molecule has 8 nitrogen and oxygen atoms in total. The molecule has 0 aliphatic carbocycles. The molecule has 0 spiro atoms. The van der Waals surface area contributed by atoms with Gasteiger partial charge in [0, 0.05) is 6.20 Å². The molecule has 9 heteroatoms. The Kier molecular flexibility index (Phi) is 5.72. The Balaban J connectivity index is 1.59. The highest BCUT2D eigenvalue weighted by atomic mass is 32.1. The number of ketones is 1. The fourth-order valence-corrected chi connectivity index (χ4v) is 5.95. The van der Waals surface area contributed by atoms with Gasteiger partial charge in [-0.2, -0.15) is 0 Å². The minimum Gasteiger partial charge on any atom is -0.505 e. The molecule has 1 fully saturated rings. The summed E-state index contributed by atoms with van der Waals surface area (Å²) in [5.74, 6) is -1.11. The second-order valence-electron chi connectivity index (χ2n) is 9.07. The van der Waals surface area contributed by atoms with E-state index in [1.54, 1.807) is 30.7 Å². The minimum absolute atomic E-state index is 0.00448. The van der Waals surface area contributed by atoms with Crippen LogP contribution in [0.1, 0.15) is 35.5 Å². The standard InChI is InChI=1S/C29H24N4O4S/c1-4-17-8-10-18(11-9-17)25-23(26(34)24-16(2)30-22-7-5-6-14-32(22)24)27(35)28(36)33(25)29-31-20-13-12-19(37-3)15-21(20)38-29/h5-15,25,34H,4H2,1-3H3/b26-23+. The van der Waals surface area contributed by atoms with Crippen LogP contribution in [0.15, 0.2) is 72.4 Å². The quantitative estimate of drug-likeness (QED) is 0.187. The van der Waals surface area contributed by atoms with Crippen LogP contribution in [0.5, 0.6) is 5.75 Å². The van der Waals surface area contributed by atoms with Gasteiger partial charge in [0.05, 0.1) is 34.6 Å². The van der Waals surface area contributed by atoms with Gasteiger partial charge in [-0.1, -0.05) is 48.6 Å². The number of aliphatic hydroxyl groups excluding tert-OH is 1. The second kappa shape index (κ2) is 9.11. The fourth-order valence-electron chi connectivity index (χ4n) is 4.93. The van der Waals surface area contributed by atoms with Crippen LogP contribution in [0, 0.1) is 6.92 Å². The van der Waals surface area contributed by atoms with Crippen molar-refractivity contribution in [1.29, 1.82) is 0 Å². The molecule has 6 rings (SSSR count). The molecule has 38 heavy (non-hydrogen) atoms. The van der Waals surface area contributed by atoms with E-state index in [9.17, 15) is 14.7 Å². The van der Waals surface area contributed by atoms with Crippen LogP contribution < -0.4 is 9.64 Å². The Morgan fingerprint density at radius 1 is 1.08 bits per heavy atom. The number of amides is 1. The van der Waals surface area contributed by atoms with Gasteiger partial charge in [0.2, 0.25) is 0 Å². The number of benzene rings is 2. The number of anilines is 1. The van der Waals surface area contributed by atoms with E-state index in [1.165, 1.54) is 16.2 Å². The first kappa shape index (κ1) is 23.9. The van der Waals surface area contributed by atoms with Crippen molar-refractivity contribution in [2.75, 3.05) is 12.0 Å². The van der Waals surface area contributed by atoms with Gasteiger partial charge in [-0.05, 0) is 54.8 Å². The van der Waals surface area contributed by atoms with E-state index < -0.39 is 17.7 Å². The van der Waals surface area contributed by atoms with E-state index >= 15 is 0 Å². The van der Waals surface area contributed by atoms with E-state index in [0.717, 1.165) is 16.7 Å². The first-order valence-electron chi connectivity index (χ1n) is 12.2. The maximum absolute atomic E-state index is 13.6. The number of imidazole rings is 1. The Morgan fingerprint density at radius 3 is 2.61 bits per heavy atom. The van der Waals surface area contributed by atoms with E-state index in [1.807, 2.05) is 54.6 Å². The summed E-state index contributed by atoms with van der Waals surface area (Å²) in [5, 5.41) is 12.0. The fraction of sp³-hybridized carbons (Fsp3) is 0.172. The van der Waals surface area contributed by atoms with E-state index in [2.05, 4.69) is 16.9 Å². The summed E-state index contributed by atoms with van der Waals surface area (Å²) in [6.07, 6.45) is 2.62. The average Bonchev–Trinajstić information content (AvgIpc) is 3.58. The number of rotatable bonds is 5. The lowest BCUT2D eigenvalue weighted by atomic mass is 9.95. The predicted molar refractivity (Wildman–Crippen MR) is 147 cm³/mol. The molecule has 1 N–H and O–H groups in total. The Hall–Kier alpha value is -4.50. The van der Waals surface area contributed by atoms with Gasteiger partial charge in [-0.3, -0.25) is 18.9 Å². The molecular formula is C29H24N4O4S. The molecule has 1 saturated heterocycles. The van der Waals surface area contributed by atoms with Gasteiger partial charge in [0.25, 0.3) is 5.78 Å². The van der Waals surface area contributed by atoms with Crippen molar-refractivity contribution in [1.82, 2.24) is 14.4 Å². The summed E-state index contributed by atoms with van der Waals surface area (Å²) in [5.41, 5.74) is 4.07. The number of hydrogen-bond donors (Lipinski definition) is 1. The van der Waals surface area contributed by atoms with E-state index in [0.29, 0.717) is 39.0 Å². The third kappa shape index (κ3) is 3.66. The maximum Gasteiger partial charge on any atom is 0.301 e. The molecule has 1 unspecified atom stereocenters. The smallest absolute Gasteiger partial charge is 0.301 e. The number of Topliss-reactive ketones (excluding diaryl/α,β-unsaturated/α-hetero) is 1. The zero-order valence-electron chi connectivity index (χ0n) is 21.0. The van der Waals surface area contributed by atoms with Crippen molar-refractivity contribution in [3.8, 4) is 5.75 Å². The number of pyridine rings is 1. The van der Waals surface area contributed by atoms with Crippen LogP contribution in [0.25, 0.3) is 21.6 Å². The SMILES string of the molecule is CCc1ccc(C2/C(=C(\O)c3c(C)nc4ccccn34)C(=O)C(=O)N2c2nc3ccc(OC)cc3s2)cc1. The van der Waals surface area contributed by atoms with Gasteiger partial charge in [-0.15, -0.1) is 0 Å². The van der Waals surface area contributed by atoms with Crippen LogP contribution in [-0.2, 0) is 16.0 Å². The van der Waals surface area contributed by atoms with Gasteiger partial charge in [0.1, 0.15) is 17.1 Å². The van der Waals surface area contributed by atoms with Crippen LogP contribution in [-0.4, -0.2) is 38.3 Å². The highest BCUT2D eigenvalue weighted by molar-refractivity contribution is 7.22. The van der Waals surface area contributed by atoms with E-state index in [-0.39, 0.29) is 11.3 Å². The summed E-state index contributed by atoms with van der Waals surface area (Å²) in [6.45, 7) is 3.83. The number of carbonyl (C=O) groups excluding carboxylic acids is 2. The molecular weight excluding hydrogens is 500 g/mol. The second-order valence-corrected chi connectivity index (χ2v) is 10.1. The van der Waals surface area contributed by atoms with Crippen LogP contribution in [0.3, 0.4) is 0 Å². The summed E-state index contributed by atoms with van der Waals surface area (Å²) in [7, 11) is 1.59. The maximum atomic E-state index is 13.6. The lowest BCUT2D eigenvalue weighted by molar-refractivity contribution is -0.132.